The molecule has 0 aliphatic carbocycles. The van der Waals surface area contributed by atoms with Crippen LogP contribution in [0.25, 0.3) is 11.4 Å². The Kier molecular flexibility index (Phi) is 3.27. The van der Waals surface area contributed by atoms with Crippen molar-refractivity contribution in [1.29, 1.82) is 0 Å². The summed E-state index contributed by atoms with van der Waals surface area (Å²) in [4.78, 5) is 8.42. The highest BCUT2D eigenvalue weighted by atomic mass is 79.9. The first-order valence-corrected chi connectivity index (χ1v) is 6.04. The van der Waals surface area contributed by atoms with Crippen molar-refractivity contribution in [2.24, 2.45) is 0 Å². The van der Waals surface area contributed by atoms with Gasteiger partial charge in [0.2, 0.25) is 5.13 Å². The molecule has 2 aromatic rings. The molecule has 78 valence electrons. The molecule has 0 amide bonds. The van der Waals surface area contributed by atoms with Gasteiger partial charge in [-0.15, -0.1) is 0 Å². The van der Waals surface area contributed by atoms with Crippen LogP contribution < -0.4 is 5.32 Å². The fourth-order valence-corrected chi connectivity index (χ4v) is 2.12. The van der Waals surface area contributed by atoms with Crippen LogP contribution in [0.2, 0.25) is 0 Å². The van der Waals surface area contributed by atoms with Gasteiger partial charge in [-0.3, -0.25) is 4.98 Å². The molecule has 0 bridgehead atoms. The Labute approximate surface area is 100 Å². The predicted octanol–water partition coefficient (Wildman–Crippen LogP) is 2.79. The van der Waals surface area contributed by atoms with Gasteiger partial charge in [-0.1, -0.05) is 0 Å². The molecule has 0 aliphatic heterocycles. The zero-order chi connectivity index (χ0) is 10.7. The van der Waals surface area contributed by atoms with Crippen LogP contribution in [0.4, 0.5) is 5.13 Å². The van der Waals surface area contributed by atoms with Crippen LogP contribution in [0, 0.1) is 0 Å². The number of hydrogen-bond donors (Lipinski definition) is 1. The minimum atomic E-state index is 0.713. The Balaban J connectivity index is 2.29. The summed E-state index contributed by atoms with van der Waals surface area (Å²) in [5, 5.41) is 3.97. The number of rotatable bonds is 3. The molecule has 0 spiro atoms. The van der Waals surface area contributed by atoms with Crippen LogP contribution in [0.3, 0.4) is 0 Å². The minimum Gasteiger partial charge on any atom is -0.361 e. The van der Waals surface area contributed by atoms with E-state index < -0.39 is 0 Å². The van der Waals surface area contributed by atoms with Crippen molar-refractivity contribution in [3.05, 3.63) is 22.9 Å². The zero-order valence-electron chi connectivity index (χ0n) is 8.07. The second kappa shape index (κ2) is 4.67. The summed E-state index contributed by atoms with van der Waals surface area (Å²) in [6.07, 6.45) is 3.49. The first kappa shape index (κ1) is 10.5. The molecule has 6 heteroatoms. The molecule has 0 saturated carbocycles. The summed E-state index contributed by atoms with van der Waals surface area (Å²) >= 11 is 4.73. The number of pyridine rings is 1. The third-order valence-electron chi connectivity index (χ3n) is 1.72. The molecule has 0 radical (unpaired) electrons. The highest BCUT2D eigenvalue weighted by molar-refractivity contribution is 9.10. The van der Waals surface area contributed by atoms with Crippen LogP contribution in [0.15, 0.2) is 22.9 Å². The maximum atomic E-state index is 4.35. The molecule has 2 rings (SSSR count). The second-order valence-electron chi connectivity index (χ2n) is 2.85. The summed E-state index contributed by atoms with van der Waals surface area (Å²) in [5.74, 6) is 0.713. The molecule has 0 unspecified atom stereocenters. The third-order valence-corrected chi connectivity index (χ3v) is 2.82. The average molecular weight is 285 g/mol. The van der Waals surface area contributed by atoms with E-state index in [-0.39, 0.29) is 0 Å². The van der Waals surface area contributed by atoms with E-state index in [1.54, 1.807) is 12.4 Å². The largest absolute Gasteiger partial charge is 0.361 e. The Morgan fingerprint density at radius 2 is 2.33 bits per heavy atom. The molecule has 0 aliphatic rings. The van der Waals surface area contributed by atoms with E-state index in [2.05, 4.69) is 35.6 Å². The van der Waals surface area contributed by atoms with E-state index in [1.807, 2.05) is 13.0 Å². The molecule has 0 fully saturated rings. The van der Waals surface area contributed by atoms with Gasteiger partial charge in [0.05, 0.1) is 0 Å². The Morgan fingerprint density at radius 1 is 1.47 bits per heavy atom. The summed E-state index contributed by atoms with van der Waals surface area (Å²) in [6.45, 7) is 2.88. The van der Waals surface area contributed by atoms with E-state index in [9.17, 15) is 0 Å². The topological polar surface area (TPSA) is 50.7 Å². The van der Waals surface area contributed by atoms with Gasteiger partial charge in [0.1, 0.15) is 0 Å². The van der Waals surface area contributed by atoms with Gasteiger partial charge < -0.3 is 5.32 Å². The molecule has 1 N–H and O–H groups in total. The number of aromatic nitrogens is 3. The Morgan fingerprint density at radius 3 is 3.07 bits per heavy atom. The van der Waals surface area contributed by atoms with Crippen LogP contribution in [0.1, 0.15) is 6.92 Å². The van der Waals surface area contributed by atoms with Gasteiger partial charge in [-0.25, -0.2) is 0 Å². The van der Waals surface area contributed by atoms with Gasteiger partial charge in [0, 0.05) is 40.5 Å². The summed E-state index contributed by atoms with van der Waals surface area (Å²) in [7, 11) is 0. The van der Waals surface area contributed by atoms with E-state index in [4.69, 9.17) is 0 Å². The maximum Gasteiger partial charge on any atom is 0.202 e. The zero-order valence-corrected chi connectivity index (χ0v) is 10.5. The third kappa shape index (κ3) is 2.51. The minimum absolute atomic E-state index is 0.713. The van der Waals surface area contributed by atoms with Crippen molar-refractivity contribution in [1.82, 2.24) is 14.3 Å². The highest BCUT2D eigenvalue weighted by Gasteiger charge is 2.06. The van der Waals surface area contributed by atoms with Crippen molar-refractivity contribution >= 4 is 32.6 Å². The van der Waals surface area contributed by atoms with E-state index in [0.29, 0.717) is 5.82 Å². The fraction of sp³-hybridized carbons (Fsp3) is 0.222. The number of nitrogens with one attached hydrogen (secondary N) is 1. The predicted molar refractivity (Wildman–Crippen MR) is 65.0 cm³/mol. The molecule has 2 heterocycles. The lowest BCUT2D eigenvalue weighted by atomic mass is 10.3. The highest BCUT2D eigenvalue weighted by Crippen LogP contribution is 2.22. The first-order valence-electron chi connectivity index (χ1n) is 4.48. The lowest BCUT2D eigenvalue weighted by Crippen LogP contribution is -1.95. The number of nitrogens with zero attached hydrogens (tertiary/aromatic N) is 3. The van der Waals surface area contributed by atoms with Crippen molar-refractivity contribution in [2.45, 2.75) is 6.92 Å². The van der Waals surface area contributed by atoms with Crippen molar-refractivity contribution in [3.8, 4) is 11.4 Å². The fourth-order valence-electron chi connectivity index (χ4n) is 1.10. The summed E-state index contributed by atoms with van der Waals surface area (Å²) < 4.78 is 5.18. The molecule has 4 nitrogen and oxygen atoms in total. The van der Waals surface area contributed by atoms with Crippen LogP contribution in [0.5, 0.6) is 0 Å². The van der Waals surface area contributed by atoms with E-state index in [0.717, 1.165) is 21.7 Å². The Hall–Kier alpha value is -1.01. The molecule has 15 heavy (non-hydrogen) atoms. The molecule has 0 saturated heterocycles. The standard InChI is InChI=1S/C9H9BrN4S/c1-2-12-9-13-8(14-15-9)6-3-7(10)5-11-4-6/h3-5H,2H2,1H3,(H,12,13,14). The lowest BCUT2D eigenvalue weighted by Gasteiger charge is -1.95. The van der Waals surface area contributed by atoms with Gasteiger partial charge in [-0.2, -0.15) is 9.36 Å². The normalized spacial score (nSPS) is 10.3. The lowest BCUT2D eigenvalue weighted by molar-refractivity contribution is 1.18. The average Bonchev–Trinajstić information content (AvgIpc) is 2.67. The first-order chi connectivity index (χ1) is 7.29. The number of hydrogen-bond acceptors (Lipinski definition) is 5. The quantitative estimate of drug-likeness (QED) is 0.942. The van der Waals surface area contributed by atoms with Gasteiger partial charge >= 0.3 is 0 Å². The van der Waals surface area contributed by atoms with Gasteiger partial charge in [-0.05, 0) is 28.9 Å². The van der Waals surface area contributed by atoms with Gasteiger partial charge in [0.25, 0.3) is 0 Å². The maximum absolute atomic E-state index is 4.35. The molecule has 0 atom stereocenters. The molecule has 0 aromatic carbocycles. The molecular formula is C9H9BrN4S. The molecule has 2 aromatic heterocycles. The van der Waals surface area contributed by atoms with Crippen molar-refractivity contribution in [3.63, 3.8) is 0 Å². The SMILES string of the molecule is CCNc1nc(-c2cncc(Br)c2)ns1. The van der Waals surface area contributed by atoms with Crippen LogP contribution in [-0.4, -0.2) is 20.9 Å². The Bertz CT molecular complexity index is 457. The van der Waals surface area contributed by atoms with Crippen molar-refractivity contribution < 1.29 is 0 Å². The van der Waals surface area contributed by atoms with Crippen LogP contribution in [-0.2, 0) is 0 Å². The monoisotopic (exact) mass is 284 g/mol. The van der Waals surface area contributed by atoms with Crippen LogP contribution >= 0.6 is 27.5 Å². The van der Waals surface area contributed by atoms with Crippen molar-refractivity contribution in [2.75, 3.05) is 11.9 Å². The second-order valence-corrected chi connectivity index (χ2v) is 4.51. The summed E-state index contributed by atoms with van der Waals surface area (Å²) in [5.41, 5.74) is 0.921. The number of halogens is 1. The van der Waals surface area contributed by atoms with Gasteiger partial charge in [0.15, 0.2) is 5.82 Å². The smallest absolute Gasteiger partial charge is 0.202 e. The van der Waals surface area contributed by atoms with E-state index in [1.165, 1.54) is 11.5 Å². The summed E-state index contributed by atoms with van der Waals surface area (Å²) in [6, 6.07) is 1.95. The van der Waals surface area contributed by atoms with E-state index >= 15 is 0 Å². The number of anilines is 1. The molecular weight excluding hydrogens is 276 g/mol.